The first-order chi connectivity index (χ1) is 9.49. The van der Waals surface area contributed by atoms with Crippen molar-refractivity contribution in [3.8, 4) is 0 Å². The Morgan fingerprint density at radius 2 is 2.35 bits per heavy atom. The molecule has 2 aromatic rings. The molecular weight excluding hydrogens is 335 g/mol. The van der Waals surface area contributed by atoms with Crippen LogP contribution in [-0.4, -0.2) is 37.9 Å². The summed E-state index contributed by atoms with van der Waals surface area (Å²) >= 11 is 3.30. The molecule has 3 atom stereocenters. The Balaban J connectivity index is 2.07. The number of hydrogen-bond acceptors (Lipinski definition) is 5. The zero-order chi connectivity index (χ0) is 14.4. The van der Waals surface area contributed by atoms with Crippen LogP contribution < -0.4 is 5.73 Å². The average Bonchev–Trinajstić information content (AvgIpc) is 2.92. The molecule has 7 nitrogen and oxygen atoms in total. The molecule has 0 spiro atoms. The molecule has 1 saturated heterocycles. The number of nitrogens with zero attached hydrogens (tertiary/aromatic N) is 3. The summed E-state index contributed by atoms with van der Waals surface area (Å²) in [5.74, 6) is -0.927. The van der Waals surface area contributed by atoms with E-state index in [9.17, 15) is 9.18 Å². The van der Waals surface area contributed by atoms with Gasteiger partial charge in [-0.05, 0) is 15.9 Å². The van der Waals surface area contributed by atoms with E-state index in [2.05, 4.69) is 25.9 Å². The minimum absolute atomic E-state index is 0.197. The highest BCUT2D eigenvalue weighted by Crippen LogP contribution is 2.37. The molecule has 3 N–H and O–H groups in total. The minimum Gasteiger partial charge on any atom is -0.479 e. The molecule has 2 aromatic heterocycles. The van der Waals surface area contributed by atoms with Crippen molar-refractivity contribution in [1.82, 2.24) is 14.5 Å². The molecule has 106 valence electrons. The molecule has 3 rings (SSSR count). The zero-order valence-corrected chi connectivity index (χ0v) is 11.6. The second kappa shape index (κ2) is 4.67. The fourth-order valence-corrected chi connectivity index (χ4v) is 2.89. The third-order valence-electron chi connectivity index (χ3n) is 3.19. The van der Waals surface area contributed by atoms with E-state index < -0.39 is 24.5 Å². The Bertz CT molecular complexity index is 692. The van der Waals surface area contributed by atoms with Crippen LogP contribution in [-0.2, 0) is 9.53 Å². The molecule has 3 heterocycles. The quantitative estimate of drug-likeness (QED) is 0.855. The normalized spacial score (nSPS) is 26.2. The lowest BCUT2D eigenvalue weighted by atomic mass is 10.2. The fourth-order valence-electron chi connectivity index (χ4n) is 2.29. The smallest absolute Gasteiger partial charge is 0.333 e. The maximum atomic E-state index is 14.0. The third kappa shape index (κ3) is 1.93. The van der Waals surface area contributed by atoms with Gasteiger partial charge in [0.05, 0.1) is 5.39 Å². The van der Waals surface area contributed by atoms with E-state index in [-0.39, 0.29) is 12.2 Å². The molecular formula is C11H10BrFN4O3. The Morgan fingerprint density at radius 3 is 3.00 bits per heavy atom. The van der Waals surface area contributed by atoms with Gasteiger partial charge in [0.15, 0.2) is 12.3 Å². The maximum absolute atomic E-state index is 14.0. The van der Waals surface area contributed by atoms with Crippen LogP contribution in [0.2, 0.25) is 0 Å². The lowest BCUT2D eigenvalue weighted by Gasteiger charge is -2.15. The van der Waals surface area contributed by atoms with Crippen molar-refractivity contribution in [1.29, 1.82) is 0 Å². The van der Waals surface area contributed by atoms with Gasteiger partial charge in [-0.2, -0.15) is 0 Å². The predicted octanol–water partition coefficient (Wildman–Crippen LogP) is 1.49. The van der Waals surface area contributed by atoms with E-state index in [1.54, 1.807) is 6.20 Å². The van der Waals surface area contributed by atoms with Crippen LogP contribution in [0.15, 0.2) is 17.0 Å². The second-order valence-electron chi connectivity index (χ2n) is 4.45. The van der Waals surface area contributed by atoms with Gasteiger partial charge < -0.3 is 20.1 Å². The molecule has 0 saturated carbocycles. The third-order valence-corrected chi connectivity index (χ3v) is 3.80. The van der Waals surface area contributed by atoms with Gasteiger partial charge in [0.2, 0.25) is 0 Å². The van der Waals surface area contributed by atoms with Crippen LogP contribution >= 0.6 is 15.9 Å². The van der Waals surface area contributed by atoms with Crippen LogP contribution in [0.4, 0.5) is 10.2 Å². The SMILES string of the molecule is Nc1ncnc2c1c(Br)cn2C1OC(C(=O)O)CC1F. The second-order valence-corrected chi connectivity index (χ2v) is 5.30. The number of hydrogen-bond donors (Lipinski definition) is 2. The number of rotatable bonds is 2. The fraction of sp³-hybridized carbons (Fsp3) is 0.364. The first-order valence-corrected chi connectivity index (χ1v) is 6.57. The Labute approximate surface area is 120 Å². The summed E-state index contributed by atoms with van der Waals surface area (Å²) in [5.41, 5.74) is 6.15. The van der Waals surface area contributed by atoms with Crippen molar-refractivity contribution < 1.29 is 19.0 Å². The molecule has 3 unspecified atom stereocenters. The number of carboxylic acid groups (broad SMARTS) is 1. The van der Waals surface area contributed by atoms with Gasteiger partial charge in [-0.25, -0.2) is 19.2 Å². The summed E-state index contributed by atoms with van der Waals surface area (Å²) < 4.78 is 21.3. The maximum Gasteiger partial charge on any atom is 0.333 e. The summed E-state index contributed by atoms with van der Waals surface area (Å²) in [4.78, 5) is 18.8. The molecule has 0 radical (unpaired) electrons. The lowest BCUT2D eigenvalue weighted by Crippen LogP contribution is -2.20. The van der Waals surface area contributed by atoms with E-state index in [4.69, 9.17) is 15.6 Å². The summed E-state index contributed by atoms with van der Waals surface area (Å²) in [6.45, 7) is 0. The van der Waals surface area contributed by atoms with Crippen molar-refractivity contribution in [2.75, 3.05) is 5.73 Å². The Kier molecular flexibility index (Phi) is 3.09. The number of fused-ring (bicyclic) bond motifs is 1. The number of nitrogens with two attached hydrogens (primary N) is 1. The Hall–Kier alpha value is -1.74. The minimum atomic E-state index is -1.44. The van der Waals surface area contributed by atoms with Gasteiger partial charge in [0, 0.05) is 17.1 Å². The standard InChI is InChI=1S/C11H10BrFN4O3/c12-4-2-17(9-7(4)8(14)15-3-16-9)10-5(13)1-6(20-10)11(18)19/h2-3,5-6,10H,1H2,(H,18,19)(H2,14,15,16). The number of halogens is 2. The molecule has 1 aliphatic heterocycles. The first kappa shape index (κ1) is 13.3. The summed E-state index contributed by atoms with van der Waals surface area (Å²) in [5, 5.41) is 9.45. The zero-order valence-electron chi connectivity index (χ0n) is 10.0. The molecule has 9 heteroatoms. The van der Waals surface area contributed by atoms with Crippen LogP contribution in [0.1, 0.15) is 12.6 Å². The topological polar surface area (TPSA) is 103 Å². The van der Waals surface area contributed by atoms with Crippen LogP contribution in [0, 0.1) is 0 Å². The highest BCUT2D eigenvalue weighted by atomic mass is 79.9. The highest BCUT2D eigenvalue weighted by Gasteiger charge is 2.41. The Morgan fingerprint density at radius 1 is 1.60 bits per heavy atom. The van der Waals surface area contributed by atoms with Gasteiger partial charge in [0.25, 0.3) is 0 Å². The number of aromatic nitrogens is 3. The molecule has 0 amide bonds. The number of nitrogen functional groups attached to an aromatic ring is 1. The van der Waals surface area contributed by atoms with Gasteiger partial charge in [-0.3, -0.25) is 0 Å². The number of carbonyl (C=O) groups is 1. The van der Waals surface area contributed by atoms with E-state index >= 15 is 0 Å². The van der Waals surface area contributed by atoms with Crippen molar-refractivity contribution in [3.05, 3.63) is 17.0 Å². The predicted molar refractivity (Wildman–Crippen MR) is 70.7 cm³/mol. The van der Waals surface area contributed by atoms with Crippen LogP contribution in [0.5, 0.6) is 0 Å². The number of ether oxygens (including phenoxy) is 1. The van der Waals surface area contributed by atoms with Gasteiger partial charge in [-0.15, -0.1) is 0 Å². The molecule has 0 aromatic carbocycles. The van der Waals surface area contributed by atoms with E-state index in [1.165, 1.54) is 10.9 Å². The monoisotopic (exact) mass is 344 g/mol. The number of carboxylic acids is 1. The highest BCUT2D eigenvalue weighted by molar-refractivity contribution is 9.10. The van der Waals surface area contributed by atoms with Gasteiger partial charge in [-0.1, -0.05) is 0 Å². The number of alkyl halides is 1. The molecule has 1 fully saturated rings. The van der Waals surface area contributed by atoms with Crippen molar-refractivity contribution in [3.63, 3.8) is 0 Å². The van der Waals surface area contributed by atoms with Crippen molar-refractivity contribution in [2.24, 2.45) is 0 Å². The summed E-state index contributed by atoms with van der Waals surface area (Å²) in [6.07, 6.45) is -1.01. The number of aliphatic carboxylic acids is 1. The largest absolute Gasteiger partial charge is 0.479 e. The van der Waals surface area contributed by atoms with Gasteiger partial charge >= 0.3 is 5.97 Å². The van der Waals surface area contributed by atoms with E-state index in [1.807, 2.05) is 0 Å². The first-order valence-electron chi connectivity index (χ1n) is 5.78. The van der Waals surface area contributed by atoms with Crippen molar-refractivity contribution in [2.45, 2.75) is 24.9 Å². The van der Waals surface area contributed by atoms with Crippen LogP contribution in [0.25, 0.3) is 11.0 Å². The molecule has 0 bridgehead atoms. The van der Waals surface area contributed by atoms with Gasteiger partial charge in [0.1, 0.15) is 24.0 Å². The summed E-state index contributed by atoms with van der Waals surface area (Å²) in [6, 6.07) is 0. The molecule has 0 aliphatic carbocycles. The van der Waals surface area contributed by atoms with E-state index in [0.29, 0.717) is 15.5 Å². The molecule has 1 aliphatic rings. The average molecular weight is 345 g/mol. The lowest BCUT2D eigenvalue weighted by molar-refractivity contribution is -0.151. The molecule has 20 heavy (non-hydrogen) atoms. The summed E-state index contributed by atoms with van der Waals surface area (Å²) in [7, 11) is 0. The van der Waals surface area contributed by atoms with Crippen LogP contribution in [0.3, 0.4) is 0 Å². The van der Waals surface area contributed by atoms with Crippen molar-refractivity contribution >= 4 is 38.8 Å². The van der Waals surface area contributed by atoms with E-state index in [0.717, 1.165) is 0 Å². The number of anilines is 1.